The van der Waals surface area contributed by atoms with Gasteiger partial charge in [0, 0.05) is 18.7 Å². The summed E-state index contributed by atoms with van der Waals surface area (Å²) >= 11 is 0. The monoisotopic (exact) mass is 301 g/mol. The molecule has 0 saturated heterocycles. The van der Waals surface area contributed by atoms with Crippen LogP contribution in [0.1, 0.15) is 37.1 Å². The molecule has 22 heavy (non-hydrogen) atoms. The summed E-state index contributed by atoms with van der Waals surface area (Å²) in [5.41, 5.74) is 3.09. The van der Waals surface area contributed by atoms with Gasteiger partial charge in [0.05, 0.1) is 5.69 Å². The lowest BCUT2D eigenvalue weighted by Gasteiger charge is -2.13. The average molecular weight is 301 g/mol. The fourth-order valence-electron chi connectivity index (χ4n) is 2.07. The van der Waals surface area contributed by atoms with E-state index in [1.54, 1.807) is 0 Å². The molecule has 118 valence electrons. The van der Waals surface area contributed by atoms with Crippen molar-refractivity contribution in [2.75, 3.05) is 0 Å². The molecule has 0 aliphatic rings. The zero-order valence-electron chi connectivity index (χ0n) is 13.6. The summed E-state index contributed by atoms with van der Waals surface area (Å²) in [5, 5.41) is 17.5. The Kier molecular flexibility index (Phi) is 4.98. The van der Waals surface area contributed by atoms with Crippen molar-refractivity contribution in [3.05, 3.63) is 51.4 Å². The minimum atomic E-state index is -0.340. The van der Waals surface area contributed by atoms with Crippen molar-refractivity contribution >= 4 is 0 Å². The first kappa shape index (κ1) is 16.2. The van der Waals surface area contributed by atoms with Crippen LogP contribution in [0.2, 0.25) is 0 Å². The predicted molar refractivity (Wildman–Crippen MR) is 87.6 cm³/mol. The van der Waals surface area contributed by atoms with Crippen LogP contribution >= 0.6 is 0 Å². The highest BCUT2D eigenvalue weighted by atomic mass is 16.3. The van der Waals surface area contributed by atoms with E-state index in [1.165, 1.54) is 10.7 Å². The largest absolute Gasteiger partial charge is 0.506 e. The van der Waals surface area contributed by atoms with Crippen LogP contribution in [0, 0.1) is 13.8 Å². The smallest absolute Gasteiger partial charge is 0.275 e. The van der Waals surface area contributed by atoms with Gasteiger partial charge in [-0.1, -0.05) is 13.0 Å². The van der Waals surface area contributed by atoms with Crippen LogP contribution in [-0.4, -0.2) is 20.9 Å². The SMILES string of the molecule is CCC(C)NCc1nn(-c2ccc(C)c(C)c2)c(=O)cc1O. The Bertz CT molecular complexity index is 722. The van der Waals surface area contributed by atoms with Crippen LogP contribution in [-0.2, 0) is 6.54 Å². The molecule has 0 fully saturated rings. The number of aromatic nitrogens is 2. The maximum absolute atomic E-state index is 12.1. The maximum atomic E-state index is 12.1. The van der Waals surface area contributed by atoms with Gasteiger partial charge in [-0.2, -0.15) is 9.78 Å². The molecule has 0 amide bonds. The lowest BCUT2D eigenvalue weighted by atomic mass is 10.1. The van der Waals surface area contributed by atoms with Gasteiger partial charge >= 0.3 is 0 Å². The molecule has 1 atom stereocenters. The van der Waals surface area contributed by atoms with Gasteiger partial charge in [-0.05, 0) is 50.5 Å². The molecular weight excluding hydrogens is 278 g/mol. The van der Waals surface area contributed by atoms with Gasteiger partial charge in [-0.15, -0.1) is 0 Å². The van der Waals surface area contributed by atoms with E-state index >= 15 is 0 Å². The second-order valence-electron chi connectivity index (χ2n) is 5.69. The van der Waals surface area contributed by atoms with Gasteiger partial charge in [0.15, 0.2) is 0 Å². The highest BCUT2D eigenvalue weighted by Gasteiger charge is 2.11. The molecule has 1 aromatic carbocycles. The van der Waals surface area contributed by atoms with Gasteiger partial charge in [0.25, 0.3) is 5.56 Å². The molecular formula is C17H23N3O2. The topological polar surface area (TPSA) is 67.2 Å². The van der Waals surface area contributed by atoms with Gasteiger partial charge < -0.3 is 10.4 Å². The summed E-state index contributed by atoms with van der Waals surface area (Å²) in [7, 11) is 0. The molecule has 0 aliphatic heterocycles. The number of hydrogen-bond donors (Lipinski definition) is 2. The molecule has 0 bridgehead atoms. The van der Waals surface area contributed by atoms with E-state index in [0.717, 1.165) is 17.5 Å². The quantitative estimate of drug-likeness (QED) is 0.890. The number of aromatic hydroxyl groups is 1. The Morgan fingerprint density at radius 1 is 1.27 bits per heavy atom. The molecule has 0 aliphatic carbocycles. The van der Waals surface area contributed by atoms with Crippen LogP contribution in [0.25, 0.3) is 5.69 Å². The van der Waals surface area contributed by atoms with Gasteiger partial charge in [-0.3, -0.25) is 4.79 Å². The molecule has 1 unspecified atom stereocenters. The van der Waals surface area contributed by atoms with Crippen molar-refractivity contribution < 1.29 is 5.11 Å². The summed E-state index contributed by atoms with van der Waals surface area (Å²) in [5.74, 6) is -0.0686. The zero-order valence-corrected chi connectivity index (χ0v) is 13.6. The minimum Gasteiger partial charge on any atom is -0.506 e. The first-order chi connectivity index (χ1) is 10.4. The van der Waals surface area contributed by atoms with Crippen LogP contribution < -0.4 is 10.9 Å². The Balaban J connectivity index is 2.39. The third kappa shape index (κ3) is 3.54. The molecule has 0 spiro atoms. The van der Waals surface area contributed by atoms with Crippen molar-refractivity contribution in [3.63, 3.8) is 0 Å². The first-order valence-electron chi connectivity index (χ1n) is 7.55. The van der Waals surface area contributed by atoms with Gasteiger partial charge in [0.1, 0.15) is 11.4 Å². The van der Waals surface area contributed by atoms with E-state index in [-0.39, 0.29) is 11.3 Å². The Hall–Kier alpha value is -2.14. The lowest BCUT2D eigenvalue weighted by Crippen LogP contribution is -2.28. The normalized spacial score (nSPS) is 12.4. The molecule has 2 aromatic rings. The van der Waals surface area contributed by atoms with Crippen LogP contribution in [0.15, 0.2) is 29.1 Å². The number of hydrogen-bond acceptors (Lipinski definition) is 4. The Morgan fingerprint density at radius 2 is 2.00 bits per heavy atom. The summed E-state index contributed by atoms with van der Waals surface area (Å²) in [6, 6.07) is 7.29. The second-order valence-corrected chi connectivity index (χ2v) is 5.69. The fraction of sp³-hybridized carbons (Fsp3) is 0.412. The van der Waals surface area contributed by atoms with Crippen LogP contribution in [0.5, 0.6) is 5.75 Å². The van der Waals surface area contributed by atoms with E-state index in [0.29, 0.717) is 24.0 Å². The number of benzene rings is 1. The van der Waals surface area contributed by atoms with E-state index in [9.17, 15) is 9.90 Å². The molecule has 1 heterocycles. The van der Waals surface area contributed by atoms with E-state index in [4.69, 9.17) is 0 Å². The van der Waals surface area contributed by atoms with Crippen molar-refractivity contribution in [2.45, 2.75) is 46.7 Å². The Morgan fingerprint density at radius 3 is 2.64 bits per heavy atom. The average Bonchev–Trinajstić information content (AvgIpc) is 2.49. The molecule has 5 nitrogen and oxygen atoms in total. The van der Waals surface area contributed by atoms with Crippen molar-refractivity contribution in [2.24, 2.45) is 0 Å². The van der Waals surface area contributed by atoms with Crippen molar-refractivity contribution in [3.8, 4) is 11.4 Å². The summed E-state index contributed by atoms with van der Waals surface area (Å²) in [6.07, 6.45) is 0.984. The molecule has 5 heteroatoms. The van der Waals surface area contributed by atoms with Crippen LogP contribution in [0.4, 0.5) is 0 Å². The third-order valence-electron chi connectivity index (χ3n) is 3.95. The van der Waals surface area contributed by atoms with E-state index < -0.39 is 0 Å². The number of aryl methyl sites for hydroxylation is 2. The summed E-state index contributed by atoms with van der Waals surface area (Å²) < 4.78 is 1.33. The second kappa shape index (κ2) is 6.75. The first-order valence-corrected chi connectivity index (χ1v) is 7.55. The maximum Gasteiger partial charge on any atom is 0.275 e. The third-order valence-corrected chi connectivity index (χ3v) is 3.95. The molecule has 2 N–H and O–H groups in total. The number of nitrogens with one attached hydrogen (secondary N) is 1. The van der Waals surface area contributed by atoms with Gasteiger partial charge in [-0.25, -0.2) is 0 Å². The summed E-state index contributed by atoms with van der Waals surface area (Å²) in [6.45, 7) is 8.59. The summed E-state index contributed by atoms with van der Waals surface area (Å²) in [4.78, 5) is 12.1. The fourth-order valence-corrected chi connectivity index (χ4v) is 2.07. The molecule has 1 aromatic heterocycles. The minimum absolute atomic E-state index is 0.0686. The Labute approximate surface area is 130 Å². The van der Waals surface area contributed by atoms with E-state index in [2.05, 4.69) is 24.3 Å². The predicted octanol–water partition coefficient (Wildman–Crippen LogP) is 2.44. The molecule has 2 rings (SSSR count). The van der Waals surface area contributed by atoms with Gasteiger partial charge in [0.2, 0.25) is 0 Å². The number of rotatable bonds is 5. The zero-order chi connectivity index (χ0) is 16.3. The highest BCUT2D eigenvalue weighted by molar-refractivity contribution is 5.39. The lowest BCUT2D eigenvalue weighted by molar-refractivity contribution is 0.443. The standard InChI is InChI=1S/C17H23N3O2/c1-5-13(4)18-10-15-16(21)9-17(22)20(19-15)14-7-6-11(2)12(3)8-14/h6-9,13,18,21H,5,10H2,1-4H3. The van der Waals surface area contributed by atoms with Crippen molar-refractivity contribution in [1.29, 1.82) is 0 Å². The van der Waals surface area contributed by atoms with Crippen molar-refractivity contribution in [1.82, 2.24) is 15.1 Å². The van der Waals surface area contributed by atoms with Crippen LogP contribution in [0.3, 0.4) is 0 Å². The number of nitrogens with zero attached hydrogens (tertiary/aromatic N) is 2. The highest BCUT2D eigenvalue weighted by Crippen LogP contribution is 2.15. The van der Waals surface area contributed by atoms with E-state index in [1.807, 2.05) is 32.0 Å². The molecule has 0 radical (unpaired) electrons. The molecule has 0 saturated carbocycles.